The predicted molar refractivity (Wildman–Crippen MR) is 167 cm³/mol. The standard InChI is InChI=1S/C24H22B7ClN6O3/c1-11-9-38(10-12(2)22(11,25)26)21-33-8-15(32)18(35-21)34-14-4-5-16-13(6-14)7-17(19(39)37(16)3)41-23(27,28)20(40)36-24(29,30)31/h4-8,11-12H,9-10H2,1-3H3,(H,36,40)(H,33,34,35)/t11-,12+. The van der Waals surface area contributed by atoms with Crippen LogP contribution in [0.1, 0.15) is 13.8 Å². The molecule has 0 bridgehead atoms. The van der Waals surface area contributed by atoms with Gasteiger partial charge in [-0.1, -0.05) is 35.9 Å². The predicted octanol–water partition coefficient (Wildman–Crippen LogP) is -0.127. The normalized spacial score (nSPS) is 19.1. The Morgan fingerprint density at radius 3 is 2.37 bits per heavy atom. The third kappa shape index (κ3) is 6.63. The highest BCUT2D eigenvalue weighted by atomic mass is 35.5. The second kappa shape index (κ2) is 11.1. The molecule has 0 spiro atoms. The van der Waals surface area contributed by atoms with Crippen molar-refractivity contribution in [1.82, 2.24) is 19.9 Å². The highest BCUT2D eigenvalue weighted by Gasteiger charge is 2.38. The molecule has 1 aliphatic heterocycles. The summed E-state index contributed by atoms with van der Waals surface area (Å²) >= 11 is 6.42. The molecule has 194 valence electrons. The van der Waals surface area contributed by atoms with Gasteiger partial charge in [-0.15, -0.1) is 0 Å². The largest absolute Gasteiger partial charge is 0.492 e. The maximum Gasteiger partial charge on any atom is 0.293 e. The molecule has 0 saturated carbocycles. The molecule has 3 heterocycles. The summed E-state index contributed by atoms with van der Waals surface area (Å²) in [6, 6.07) is 6.57. The fourth-order valence-electron chi connectivity index (χ4n) is 4.56. The Hall–Kier alpha value is -2.88. The first-order chi connectivity index (χ1) is 18.9. The van der Waals surface area contributed by atoms with E-state index < -0.39 is 27.3 Å². The summed E-state index contributed by atoms with van der Waals surface area (Å²) < 4.78 is 6.69. The van der Waals surface area contributed by atoms with Crippen molar-refractivity contribution in [3.05, 3.63) is 45.8 Å². The molecule has 17 heteroatoms. The Bertz CT molecular complexity index is 1530. The topological polar surface area (TPSA) is 101 Å². The summed E-state index contributed by atoms with van der Waals surface area (Å²) in [4.78, 5) is 36.3. The number of fused-ring (bicyclic) bond motifs is 1. The zero-order valence-corrected chi connectivity index (χ0v) is 23.6. The summed E-state index contributed by atoms with van der Waals surface area (Å²) in [5.74, 6) is -0.606. The van der Waals surface area contributed by atoms with Crippen LogP contribution >= 0.6 is 11.6 Å². The molecule has 41 heavy (non-hydrogen) atoms. The van der Waals surface area contributed by atoms with Crippen LogP contribution in [0.15, 0.2) is 35.3 Å². The molecule has 1 aromatic carbocycles. The molecule has 9 nitrogen and oxygen atoms in total. The van der Waals surface area contributed by atoms with Gasteiger partial charge in [0.05, 0.1) is 50.9 Å². The molecular weight excluding hydrogens is 531 g/mol. The molecule has 3 aromatic rings. The number of hydrogen-bond acceptors (Lipinski definition) is 7. The van der Waals surface area contributed by atoms with Gasteiger partial charge in [0.15, 0.2) is 11.6 Å². The van der Waals surface area contributed by atoms with Crippen LogP contribution in [0, 0.1) is 11.8 Å². The van der Waals surface area contributed by atoms with E-state index in [1.54, 1.807) is 18.2 Å². The van der Waals surface area contributed by atoms with Gasteiger partial charge in [-0.3, -0.25) is 9.59 Å². The van der Waals surface area contributed by atoms with Crippen molar-refractivity contribution in [1.29, 1.82) is 0 Å². The summed E-state index contributed by atoms with van der Waals surface area (Å²) in [6.45, 7) is 5.14. The fourth-order valence-corrected chi connectivity index (χ4v) is 4.70. The number of anilines is 3. The van der Waals surface area contributed by atoms with Crippen molar-refractivity contribution in [2.24, 2.45) is 18.9 Å². The fraction of sp³-hybridized carbons (Fsp3) is 0.417. The number of amides is 1. The zero-order chi connectivity index (χ0) is 30.5. The highest BCUT2D eigenvalue weighted by Crippen LogP contribution is 2.42. The number of piperidine rings is 1. The van der Waals surface area contributed by atoms with Gasteiger partial charge in [-0.05, 0) is 36.1 Å². The molecule has 4 rings (SSSR count). The van der Waals surface area contributed by atoms with Crippen molar-refractivity contribution in [2.45, 2.75) is 29.7 Å². The first-order valence-electron chi connectivity index (χ1n) is 12.6. The molecule has 2 aromatic heterocycles. The lowest BCUT2D eigenvalue weighted by atomic mass is 9.42. The van der Waals surface area contributed by atoms with Crippen molar-refractivity contribution < 1.29 is 9.53 Å². The number of carbonyl (C=O) groups excluding carboxylic acids is 1. The number of pyridine rings is 1. The molecule has 1 aliphatic rings. The van der Waals surface area contributed by atoms with Crippen LogP contribution in [0.5, 0.6) is 5.75 Å². The highest BCUT2D eigenvalue weighted by molar-refractivity contribution is 6.61. The summed E-state index contributed by atoms with van der Waals surface area (Å²) in [5.41, 5.74) is 0.540. The van der Waals surface area contributed by atoms with Crippen molar-refractivity contribution in [3.8, 4) is 5.75 Å². The third-order valence-corrected chi connectivity index (χ3v) is 7.40. The summed E-state index contributed by atoms with van der Waals surface area (Å²) in [7, 11) is 41.8. The van der Waals surface area contributed by atoms with E-state index >= 15 is 0 Å². The average Bonchev–Trinajstić information content (AvgIpc) is 2.86. The first-order valence-corrected chi connectivity index (χ1v) is 13.0. The van der Waals surface area contributed by atoms with Crippen LogP contribution in [0.2, 0.25) is 10.2 Å². The SMILES string of the molecule is [B]C([B])([B])NC(=O)C([B])([B])Oc1cc2cc(Nc3nc(N4C[C@@H](C)C([B])([B])[C@@H](C)C4)ncc3Cl)ccc2n(C)c1=O. The Kier molecular flexibility index (Phi) is 8.40. The molecule has 1 saturated heterocycles. The van der Waals surface area contributed by atoms with E-state index in [1.165, 1.54) is 23.9 Å². The Labute approximate surface area is 253 Å². The van der Waals surface area contributed by atoms with E-state index in [-0.39, 0.29) is 17.6 Å². The lowest BCUT2D eigenvalue weighted by Crippen LogP contribution is -2.61. The number of rotatable bonds is 7. The molecule has 14 radical (unpaired) electrons. The van der Waals surface area contributed by atoms with Crippen LogP contribution in [-0.2, 0) is 11.8 Å². The van der Waals surface area contributed by atoms with Gasteiger partial charge in [0.25, 0.3) is 5.56 Å². The van der Waals surface area contributed by atoms with Crippen LogP contribution in [-0.4, -0.2) is 99.1 Å². The Morgan fingerprint density at radius 2 is 1.76 bits per heavy atom. The van der Waals surface area contributed by atoms with E-state index in [2.05, 4.69) is 15.3 Å². The molecule has 2 N–H and O–H groups in total. The lowest BCUT2D eigenvalue weighted by Gasteiger charge is -2.48. The quantitative estimate of drug-likeness (QED) is 0.394. The molecule has 2 atom stereocenters. The van der Waals surface area contributed by atoms with Crippen molar-refractivity contribution >= 4 is 101 Å². The van der Waals surface area contributed by atoms with Gasteiger partial charge in [-0.2, -0.15) is 4.98 Å². The van der Waals surface area contributed by atoms with Crippen LogP contribution in [0.3, 0.4) is 0 Å². The Morgan fingerprint density at radius 1 is 1.12 bits per heavy atom. The van der Waals surface area contributed by atoms with Crippen molar-refractivity contribution in [3.63, 3.8) is 0 Å². The van der Waals surface area contributed by atoms with E-state index in [9.17, 15) is 9.59 Å². The zero-order valence-electron chi connectivity index (χ0n) is 22.9. The van der Waals surface area contributed by atoms with Crippen molar-refractivity contribution in [2.75, 3.05) is 23.3 Å². The average molecular weight is 554 g/mol. The van der Waals surface area contributed by atoms with Gasteiger partial charge < -0.3 is 24.8 Å². The lowest BCUT2D eigenvalue weighted by molar-refractivity contribution is -0.126. The van der Waals surface area contributed by atoms with Crippen LogP contribution in [0.25, 0.3) is 10.9 Å². The molecule has 0 aliphatic carbocycles. The summed E-state index contributed by atoms with van der Waals surface area (Å²) in [5, 5.41) is 0.599. The van der Waals surface area contributed by atoms with Gasteiger partial charge in [0, 0.05) is 31.2 Å². The second-order valence-corrected chi connectivity index (χ2v) is 11.0. The third-order valence-electron chi connectivity index (χ3n) is 7.13. The van der Waals surface area contributed by atoms with E-state index in [4.69, 9.17) is 71.3 Å². The molecule has 1 amide bonds. The number of benzene rings is 1. The molecular formula is C24H22B7ClN6O3. The minimum atomic E-state index is -2.51. The first kappa shape index (κ1) is 31.1. The Balaban J connectivity index is 1.62. The van der Waals surface area contributed by atoms with Gasteiger partial charge in [0.1, 0.15) is 26.1 Å². The second-order valence-electron chi connectivity index (χ2n) is 10.6. The monoisotopic (exact) mass is 554 g/mol. The molecule has 1 fully saturated rings. The number of hydrogen-bond donors (Lipinski definition) is 2. The molecule has 0 unspecified atom stereocenters. The number of nitrogens with one attached hydrogen (secondary N) is 2. The van der Waals surface area contributed by atoms with Crippen LogP contribution in [0.4, 0.5) is 17.5 Å². The maximum absolute atomic E-state index is 12.9. The summed E-state index contributed by atoms with van der Waals surface area (Å²) in [6.07, 6.45) is 1.51. The smallest absolute Gasteiger partial charge is 0.293 e. The number of ether oxygens (including phenoxy) is 1. The minimum absolute atomic E-state index is 0.000741. The van der Waals surface area contributed by atoms with E-state index in [0.29, 0.717) is 46.5 Å². The van der Waals surface area contributed by atoms with Crippen LogP contribution < -0.4 is 25.8 Å². The number of aryl methyl sites for hydroxylation is 1. The number of aromatic nitrogens is 3. The number of nitrogens with zero attached hydrogens (tertiary/aromatic N) is 4. The number of halogens is 1. The van der Waals surface area contributed by atoms with E-state index in [0.717, 1.165) is 0 Å². The van der Waals surface area contributed by atoms with E-state index in [1.807, 2.05) is 24.1 Å². The number of carbonyl (C=O) groups is 1. The van der Waals surface area contributed by atoms with Gasteiger partial charge in [0.2, 0.25) is 11.9 Å². The van der Waals surface area contributed by atoms with Gasteiger partial charge >= 0.3 is 0 Å². The van der Waals surface area contributed by atoms with Gasteiger partial charge in [-0.25, -0.2) is 4.98 Å². The maximum atomic E-state index is 12.9. The minimum Gasteiger partial charge on any atom is -0.492 e.